The van der Waals surface area contributed by atoms with Gasteiger partial charge in [0.25, 0.3) is 0 Å². The Labute approximate surface area is 153 Å². The highest BCUT2D eigenvalue weighted by Gasteiger charge is 2.33. The van der Waals surface area contributed by atoms with E-state index < -0.39 is 0 Å². The molecule has 3 heterocycles. The molecule has 1 atom stereocenters. The molecule has 0 bridgehead atoms. The van der Waals surface area contributed by atoms with Crippen molar-refractivity contribution < 1.29 is 4.79 Å². The highest BCUT2D eigenvalue weighted by atomic mass is 35.5. The van der Waals surface area contributed by atoms with Gasteiger partial charge in [-0.2, -0.15) is 0 Å². The van der Waals surface area contributed by atoms with Crippen molar-refractivity contribution in [3.8, 4) is 0 Å². The number of aromatic nitrogens is 3. The second kappa shape index (κ2) is 6.89. The van der Waals surface area contributed by atoms with Crippen LogP contribution in [0.25, 0.3) is 5.52 Å². The molecule has 1 unspecified atom stereocenters. The van der Waals surface area contributed by atoms with E-state index in [9.17, 15) is 4.79 Å². The summed E-state index contributed by atoms with van der Waals surface area (Å²) in [5.74, 6) is 0.254. The maximum Gasteiger partial charge on any atom is 0.183 e. The maximum atomic E-state index is 13.2. The molecule has 4 rings (SSSR count). The summed E-state index contributed by atoms with van der Waals surface area (Å²) in [6.45, 7) is 5.89. The second-order valence-corrected chi connectivity index (χ2v) is 6.53. The van der Waals surface area contributed by atoms with Gasteiger partial charge in [0.2, 0.25) is 0 Å². The Kier molecular flexibility index (Phi) is 4.82. The fourth-order valence-electron chi connectivity index (χ4n) is 3.90. The Morgan fingerprint density at radius 2 is 2.28 bits per heavy atom. The minimum Gasteiger partial charge on any atom is -0.348 e. The number of allylic oxidation sites excluding steroid dienone is 1. The van der Waals surface area contributed by atoms with Gasteiger partial charge in [-0.15, -0.1) is 19.0 Å². The van der Waals surface area contributed by atoms with Crippen molar-refractivity contribution in [1.29, 1.82) is 0 Å². The Morgan fingerprint density at radius 1 is 1.44 bits per heavy atom. The van der Waals surface area contributed by atoms with Crippen LogP contribution in [0.3, 0.4) is 0 Å². The third-order valence-corrected chi connectivity index (χ3v) is 5.13. The maximum absolute atomic E-state index is 13.2. The topological polar surface area (TPSA) is 50.2 Å². The first-order valence-electron chi connectivity index (χ1n) is 8.45. The Hall–Kier alpha value is -2.33. The normalized spacial score (nSPS) is 16.5. The third-order valence-electron chi connectivity index (χ3n) is 5.13. The highest BCUT2D eigenvalue weighted by molar-refractivity contribution is 6.01. The van der Waals surface area contributed by atoms with Crippen LogP contribution in [0.4, 0.5) is 0 Å². The van der Waals surface area contributed by atoms with Crippen molar-refractivity contribution in [3.05, 3.63) is 71.6 Å². The van der Waals surface area contributed by atoms with E-state index in [2.05, 4.69) is 27.0 Å². The van der Waals surface area contributed by atoms with Crippen LogP contribution >= 0.6 is 12.4 Å². The molecule has 1 N–H and O–H groups in total. The highest BCUT2D eigenvalue weighted by Crippen LogP contribution is 2.34. The summed E-state index contributed by atoms with van der Waals surface area (Å²) in [5, 5.41) is 0. The number of aryl methyl sites for hydroxylation is 1. The van der Waals surface area contributed by atoms with E-state index in [0.29, 0.717) is 6.42 Å². The minimum absolute atomic E-state index is 0. The number of hydrogen-bond acceptors (Lipinski definition) is 2. The number of halogens is 1. The van der Waals surface area contributed by atoms with Crippen molar-refractivity contribution in [3.63, 3.8) is 0 Å². The number of rotatable bonds is 4. The molecule has 0 aliphatic heterocycles. The van der Waals surface area contributed by atoms with Gasteiger partial charge in [-0.3, -0.25) is 4.79 Å². The molecule has 0 amide bonds. The molecule has 0 saturated heterocycles. The quantitative estimate of drug-likeness (QED) is 0.716. The van der Waals surface area contributed by atoms with E-state index in [1.54, 1.807) is 6.33 Å². The summed E-state index contributed by atoms with van der Waals surface area (Å²) in [4.78, 5) is 20.7. The summed E-state index contributed by atoms with van der Waals surface area (Å²) in [5.41, 5.74) is 6.52. The lowest BCUT2D eigenvalue weighted by Gasteiger charge is -2.21. The number of hydrogen-bond donors (Lipinski definition) is 1. The summed E-state index contributed by atoms with van der Waals surface area (Å²) < 4.78 is 2.07. The second-order valence-electron chi connectivity index (χ2n) is 6.53. The molecule has 25 heavy (non-hydrogen) atoms. The van der Waals surface area contributed by atoms with Crippen LogP contribution in [0.2, 0.25) is 0 Å². The molecular weight excluding hydrogens is 334 g/mol. The van der Waals surface area contributed by atoms with Gasteiger partial charge in [0.15, 0.2) is 5.78 Å². The molecule has 130 valence electrons. The zero-order chi connectivity index (χ0) is 16.7. The first-order valence-corrected chi connectivity index (χ1v) is 8.45. The number of nitrogens with zero attached hydrogens (tertiary/aromatic N) is 2. The number of carbonyl (C=O) groups excluding carboxylic acids is 1. The minimum atomic E-state index is 0. The summed E-state index contributed by atoms with van der Waals surface area (Å²) >= 11 is 0. The Bertz CT molecular complexity index is 938. The van der Waals surface area contributed by atoms with Crippen molar-refractivity contribution in [2.45, 2.75) is 32.6 Å². The number of Topliss-reactive ketones (excluding diaryl/α,β-unsaturated/α-hetero) is 1. The smallest absolute Gasteiger partial charge is 0.183 e. The average molecular weight is 356 g/mol. The molecular formula is C20H22ClN3O. The molecule has 0 fully saturated rings. The molecule has 5 heteroatoms. The van der Waals surface area contributed by atoms with Crippen LogP contribution in [-0.4, -0.2) is 20.2 Å². The summed E-state index contributed by atoms with van der Waals surface area (Å²) in [7, 11) is 0. The van der Waals surface area contributed by atoms with Crippen molar-refractivity contribution in [2.24, 2.45) is 5.92 Å². The van der Waals surface area contributed by atoms with Gasteiger partial charge in [-0.05, 0) is 49.4 Å². The predicted octanol–water partition coefficient (Wildman–Crippen LogP) is 4.11. The molecule has 1 aliphatic rings. The summed E-state index contributed by atoms with van der Waals surface area (Å²) in [6.07, 6.45) is 8.98. The molecule has 4 nitrogen and oxygen atoms in total. The van der Waals surface area contributed by atoms with E-state index in [0.717, 1.165) is 41.9 Å². The Morgan fingerprint density at radius 3 is 3.00 bits per heavy atom. The van der Waals surface area contributed by atoms with E-state index in [-0.39, 0.29) is 24.1 Å². The molecule has 0 spiro atoms. The Balaban J connectivity index is 0.00000182. The van der Waals surface area contributed by atoms with Crippen molar-refractivity contribution in [2.75, 3.05) is 0 Å². The molecule has 0 aromatic carbocycles. The average Bonchev–Trinajstić information content (AvgIpc) is 3.13. The molecule has 0 saturated carbocycles. The first kappa shape index (κ1) is 17.5. The number of H-pyrrole nitrogens is 1. The fourth-order valence-corrected chi connectivity index (χ4v) is 3.90. The van der Waals surface area contributed by atoms with Crippen molar-refractivity contribution >= 4 is 23.7 Å². The van der Waals surface area contributed by atoms with Gasteiger partial charge < -0.3 is 9.38 Å². The monoisotopic (exact) mass is 355 g/mol. The van der Waals surface area contributed by atoms with Gasteiger partial charge in [0.1, 0.15) is 0 Å². The van der Waals surface area contributed by atoms with E-state index in [1.807, 2.05) is 31.3 Å². The number of imidazole rings is 1. The number of fused-ring (bicyclic) bond motifs is 3. The molecule has 3 aromatic rings. The summed E-state index contributed by atoms with van der Waals surface area (Å²) in [6, 6.07) is 6.11. The molecule has 1 aliphatic carbocycles. The van der Waals surface area contributed by atoms with Gasteiger partial charge in [-0.25, -0.2) is 4.98 Å². The lowest BCUT2D eigenvalue weighted by Crippen LogP contribution is -2.26. The van der Waals surface area contributed by atoms with Crippen molar-refractivity contribution in [1.82, 2.24) is 14.4 Å². The van der Waals surface area contributed by atoms with E-state index >= 15 is 0 Å². The molecule has 0 radical (unpaired) electrons. The number of aromatic amines is 1. The molecule has 3 aromatic heterocycles. The van der Waals surface area contributed by atoms with Crippen LogP contribution in [0.5, 0.6) is 0 Å². The van der Waals surface area contributed by atoms with Gasteiger partial charge >= 0.3 is 0 Å². The number of pyridine rings is 1. The van der Waals surface area contributed by atoms with Crippen LogP contribution in [0.15, 0.2) is 43.4 Å². The van der Waals surface area contributed by atoms with Gasteiger partial charge in [0.05, 0.1) is 17.7 Å². The van der Waals surface area contributed by atoms with Gasteiger partial charge in [0, 0.05) is 29.7 Å². The van der Waals surface area contributed by atoms with E-state index in [4.69, 9.17) is 0 Å². The number of ketones is 1. The number of carbonyl (C=O) groups is 1. The van der Waals surface area contributed by atoms with Crippen LogP contribution < -0.4 is 0 Å². The standard InChI is InChI=1S/C20H21N3O.ClH/c1-3-6-15-16-9-8-14(11-17-13(2)21-12-22-17)20(24)19(16)23-10-5-4-7-18(15)23;/h3-5,7,10,12,14H,1,6,8-9,11H2,2H3,(H,21,22);1H. The predicted molar refractivity (Wildman–Crippen MR) is 102 cm³/mol. The lowest BCUT2D eigenvalue weighted by molar-refractivity contribution is 0.0894. The van der Waals surface area contributed by atoms with E-state index in [1.165, 1.54) is 11.1 Å². The lowest BCUT2D eigenvalue weighted by atomic mass is 9.82. The number of nitrogens with one attached hydrogen (secondary N) is 1. The first-order chi connectivity index (χ1) is 11.7. The van der Waals surface area contributed by atoms with Crippen LogP contribution in [0, 0.1) is 12.8 Å². The largest absolute Gasteiger partial charge is 0.348 e. The third kappa shape index (κ3) is 2.81. The zero-order valence-corrected chi connectivity index (χ0v) is 15.1. The SMILES string of the molecule is C=CCc1c2c(n3ccccc13)C(=O)C(Cc1nc[nH]c1C)CC2.Cl. The zero-order valence-electron chi connectivity index (χ0n) is 14.3. The fraction of sp³-hybridized carbons (Fsp3) is 0.300. The van der Waals surface area contributed by atoms with Crippen LogP contribution in [-0.2, 0) is 19.3 Å². The van der Waals surface area contributed by atoms with Gasteiger partial charge in [-0.1, -0.05) is 12.1 Å². The van der Waals surface area contributed by atoms with Crippen LogP contribution in [0.1, 0.15) is 39.4 Å².